The molecule has 1 aliphatic rings. The third-order valence-corrected chi connectivity index (χ3v) is 5.12. The van der Waals surface area contributed by atoms with Crippen LogP contribution in [0, 0.1) is 0 Å². The molecule has 0 saturated heterocycles. The quantitative estimate of drug-likeness (QED) is 0.601. The Morgan fingerprint density at radius 3 is 2.33 bits per heavy atom. The van der Waals surface area contributed by atoms with Gasteiger partial charge in [0, 0.05) is 11.8 Å². The van der Waals surface area contributed by atoms with E-state index >= 15 is 0 Å². The molecule has 1 heterocycles. The van der Waals surface area contributed by atoms with Gasteiger partial charge >= 0.3 is 0 Å². The summed E-state index contributed by atoms with van der Waals surface area (Å²) in [4.78, 5) is 32.4. The van der Waals surface area contributed by atoms with E-state index in [1.165, 1.54) is 19.1 Å². The summed E-state index contributed by atoms with van der Waals surface area (Å²) in [5, 5.41) is 6.00. The average Bonchev–Trinajstić information content (AvgIpc) is 2.85. The average molecular weight is 444 g/mol. The fourth-order valence-corrected chi connectivity index (χ4v) is 3.49. The molecule has 0 radical (unpaired) electrons. The molecule has 33 heavy (non-hydrogen) atoms. The Morgan fingerprint density at radius 2 is 1.67 bits per heavy atom. The number of hydrogen-bond donors (Lipinski definition) is 2. The summed E-state index contributed by atoms with van der Waals surface area (Å²) in [6.45, 7) is 0. The van der Waals surface area contributed by atoms with Gasteiger partial charge in [0.1, 0.15) is 17.5 Å². The third-order valence-electron chi connectivity index (χ3n) is 5.12. The predicted molar refractivity (Wildman–Crippen MR) is 128 cm³/mol. The van der Waals surface area contributed by atoms with E-state index in [1.807, 2.05) is 60.7 Å². The van der Waals surface area contributed by atoms with Gasteiger partial charge in [-0.05, 0) is 36.4 Å². The number of rotatable bonds is 6. The molecule has 2 N–H and O–H groups in total. The van der Waals surface area contributed by atoms with Crippen LogP contribution < -0.4 is 25.0 Å². The van der Waals surface area contributed by atoms with Crippen molar-refractivity contribution in [3.8, 4) is 11.5 Å². The lowest BCUT2D eigenvalue weighted by atomic mass is 10.1. The van der Waals surface area contributed by atoms with Gasteiger partial charge in [-0.2, -0.15) is 0 Å². The van der Waals surface area contributed by atoms with Crippen LogP contribution in [0.4, 0.5) is 17.1 Å². The topological polar surface area (TPSA) is 92.3 Å². The van der Waals surface area contributed by atoms with Gasteiger partial charge in [-0.1, -0.05) is 36.4 Å². The molecule has 3 aromatic carbocycles. The molecule has 1 aliphatic heterocycles. The van der Waals surface area contributed by atoms with E-state index in [1.54, 1.807) is 18.2 Å². The maximum atomic E-state index is 13.2. The fourth-order valence-electron chi connectivity index (χ4n) is 3.49. The van der Waals surface area contributed by atoms with E-state index in [2.05, 4.69) is 15.6 Å². The lowest BCUT2D eigenvalue weighted by Gasteiger charge is -2.31. The van der Waals surface area contributed by atoms with E-state index in [4.69, 9.17) is 9.47 Å². The molecule has 0 fully saturated rings. The summed E-state index contributed by atoms with van der Waals surface area (Å²) in [6, 6.07) is 22.7. The predicted octanol–water partition coefficient (Wildman–Crippen LogP) is 3.92. The number of anilines is 3. The Kier molecular flexibility index (Phi) is 6.54. The number of methoxy groups -OCH3 is 2. The summed E-state index contributed by atoms with van der Waals surface area (Å²) in [5.74, 6) is 0.656. The Morgan fingerprint density at radius 1 is 0.970 bits per heavy atom. The molecule has 0 aliphatic carbocycles. The number of hydrogen-bond acceptors (Lipinski definition) is 6. The van der Waals surface area contributed by atoms with Gasteiger partial charge in [0.15, 0.2) is 0 Å². The van der Waals surface area contributed by atoms with Crippen LogP contribution in [0.15, 0.2) is 83.9 Å². The second-order valence-electron chi connectivity index (χ2n) is 7.28. The normalized spacial score (nSPS) is 15.5. The summed E-state index contributed by atoms with van der Waals surface area (Å²) >= 11 is 0. The lowest BCUT2D eigenvalue weighted by Crippen LogP contribution is -2.49. The van der Waals surface area contributed by atoms with E-state index in [9.17, 15) is 9.59 Å². The van der Waals surface area contributed by atoms with Crippen molar-refractivity contribution in [1.29, 1.82) is 0 Å². The number of ether oxygens (including phenoxy) is 2. The SMILES string of the molecule is COc1ccc(OC)c(NC(=O)C2CC(=O)N(c3ccccc3)C(Nc3ccccc3)=N2)c1. The van der Waals surface area contributed by atoms with Gasteiger partial charge < -0.3 is 20.1 Å². The van der Waals surface area contributed by atoms with Gasteiger partial charge in [-0.25, -0.2) is 4.99 Å². The van der Waals surface area contributed by atoms with E-state index in [0.29, 0.717) is 22.9 Å². The Bertz CT molecular complexity index is 1170. The molecule has 0 saturated carbocycles. The third kappa shape index (κ3) is 4.95. The highest BCUT2D eigenvalue weighted by Crippen LogP contribution is 2.30. The maximum Gasteiger partial charge on any atom is 0.249 e. The summed E-state index contributed by atoms with van der Waals surface area (Å²) in [7, 11) is 3.05. The van der Waals surface area contributed by atoms with Crippen LogP contribution in [0.1, 0.15) is 6.42 Å². The largest absolute Gasteiger partial charge is 0.497 e. The molecule has 8 heteroatoms. The van der Waals surface area contributed by atoms with Gasteiger partial charge in [-0.15, -0.1) is 0 Å². The standard InChI is InChI=1S/C25H24N4O4/c1-32-19-13-14-22(33-2)20(15-19)27-24(31)21-16-23(30)29(18-11-7-4-8-12-18)25(28-21)26-17-9-5-3-6-10-17/h3-15,21H,16H2,1-2H3,(H,26,28)(H,27,31). The second kappa shape index (κ2) is 9.86. The van der Waals surface area contributed by atoms with Crippen LogP contribution in [-0.2, 0) is 9.59 Å². The molecule has 0 bridgehead atoms. The van der Waals surface area contributed by atoms with Crippen LogP contribution in [0.25, 0.3) is 0 Å². The molecular weight excluding hydrogens is 420 g/mol. The fraction of sp³-hybridized carbons (Fsp3) is 0.160. The van der Waals surface area contributed by atoms with Crippen molar-refractivity contribution in [1.82, 2.24) is 0 Å². The van der Waals surface area contributed by atoms with Crippen LogP contribution in [0.5, 0.6) is 11.5 Å². The number of carbonyl (C=O) groups is 2. The lowest BCUT2D eigenvalue weighted by molar-refractivity contribution is -0.123. The van der Waals surface area contributed by atoms with Crippen LogP contribution in [0.3, 0.4) is 0 Å². The number of nitrogens with zero attached hydrogens (tertiary/aromatic N) is 2. The zero-order chi connectivity index (χ0) is 23.2. The summed E-state index contributed by atoms with van der Waals surface area (Å²) < 4.78 is 10.6. The highest BCUT2D eigenvalue weighted by Gasteiger charge is 2.34. The van der Waals surface area contributed by atoms with E-state index in [0.717, 1.165) is 5.69 Å². The minimum atomic E-state index is -0.917. The summed E-state index contributed by atoms with van der Waals surface area (Å²) in [5.41, 5.74) is 1.85. The van der Waals surface area contributed by atoms with Crippen LogP contribution in [-0.4, -0.2) is 38.0 Å². The molecule has 2 amide bonds. The molecule has 168 valence electrons. The first-order chi connectivity index (χ1) is 16.1. The maximum absolute atomic E-state index is 13.2. The first kappa shape index (κ1) is 21.9. The number of guanidine groups is 1. The van der Waals surface area contributed by atoms with E-state index < -0.39 is 11.9 Å². The zero-order valence-corrected chi connectivity index (χ0v) is 18.3. The van der Waals surface area contributed by atoms with Crippen molar-refractivity contribution >= 4 is 34.8 Å². The van der Waals surface area contributed by atoms with Gasteiger partial charge in [0.2, 0.25) is 17.8 Å². The number of para-hydroxylation sites is 2. The molecule has 8 nitrogen and oxygen atoms in total. The Labute approximate surface area is 191 Å². The Hall–Kier alpha value is -4.33. The molecular formula is C25H24N4O4. The highest BCUT2D eigenvalue weighted by atomic mass is 16.5. The molecule has 0 spiro atoms. The van der Waals surface area contributed by atoms with Gasteiger partial charge in [0.05, 0.1) is 32.0 Å². The molecule has 0 aromatic heterocycles. The van der Waals surface area contributed by atoms with Crippen molar-refractivity contribution in [3.63, 3.8) is 0 Å². The van der Waals surface area contributed by atoms with Gasteiger partial charge in [-0.3, -0.25) is 14.5 Å². The number of aliphatic imine (C=N–C) groups is 1. The van der Waals surface area contributed by atoms with E-state index in [-0.39, 0.29) is 18.3 Å². The first-order valence-corrected chi connectivity index (χ1v) is 10.4. The number of amides is 2. The summed E-state index contributed by atoms with van der Waals surface area (Å²) in [6.07, 6.45) is -0.0764. The smallest absolute Gasteiger partial charge is 0.249 e. The van der Waals surface area contributed by atoms with Crippen LogP contribution >= 0.6 is 0 Å². The van der Waals surface area contributed by atoms with Crippen LogP contribution in [0.2, 0.25) is 0 Å². The molecule has 1 unspecified atom stereocenters. The first-order valence-electron chi connectivity index (χ1n) is 10.4. The van der Waals surface area contributed by atoms with Crippen molar-refractivity contribution < 1.29 is 19.1 Å². The number of nitrogens with one attached hydrogen (secondary N) is 2. The zero-order valence-electron chi connectivity index (χ0n) is 18.3. The number of benzene rings is 3. The Balaban J connectivity index is 1.65. The van der Waals surface area contributed by atoms with Crippen molar-refractivity contribution in [2.75, 3.05) is 29.8 Å². The highest BCUT2D eigenvalue weighted by molar-refractivity contribution is 6.23. The number of carbonyl (C=O) groups excluding carboxylic acids is 2. The van der Waals surface area contributed by atoms with Crippen molar-refractivity contribution in [2.45, 2.75) is 12.5 Å². The van der Waals surface area contributed by atoms with Crippen molar-refractivity contribution in [3.05, 3.63) is 78.9 Å². The minimum absolute atomic E-state index is 0.0764. The molecule has 3 aromatic rings. The van der Waals surface area contributed by atoms with Crippen molar-refractivity contribution in [2.24, 2.45) is 4.99 Å². The minimum Gasteiger partial charge on any atom is -0.497 e. The molecule has 4 rings (SSSR count). The molecule has 1 atom stereocenters. The monoisotopic (exact) mass is 444 g/mol. The second-order valence-corrected chi connectivity index (χ2v) is 7.28. The van der Waals surface area contributed by atoms with Gasteiger partial charge in [0.25, 0.3) is 0 Å².